The summed E-state index contributed by atoms with van der Waals surface area (Å²) in [5, 5.41) is 21.2. The van der Waals surface area contributed by atoms with Crippen LogP contribution in [0.25, 0.3) is 0 Å². The summed E-state index contributed by atoms with van der Waals surface area (Å²) >= 11 is 0. The van der Waals surface area contributed by atoms with Gasteiger partial charge in [-0.2, -0.15) is 23.0 Å². The van der Waals surface area contributed by atoms with Crippen LogP contribution in [0.4, 0.5) is 19.0 Å². The normalized spacial score (nSPS) is 11.4. The second kappa shape index (κ2) is 8.85. The Morgan fingerprint density at radius 2 is 2.03 bits per heavy atom. The number of nitrogens with one attached hydrogen (secondary N) is 1. The molecule has 0 aliphatic heterocycles. The molecule has 13 heteroatoms. The first-order valence-corrected chi connectivity index (χ1v) is 8.94. The average molecular weight is 438 g/mol. The fraction of sp³-hybridized carbons (Fsp3) is 0.278. The van der Waals surface area contributed by atoms with E-state index >= 15 is 0 Å². The van der Waals surface area contributed by atoms with Crippen LogP contribution in [0.5, 0.6) is 5.75 Å². The molecule has 31 heavy (non-hydrogen) atoms. The monoisotopic (exact) mass is 438 g/mol. The van der Waals surface area contributed by atoms with Crippen molar-refractivity contribution in [2.75, 3.05) is 6.54 Å². The van der Waals surface area contributed by atoms with Gasteiger partial charge in [0.15, 0.2) is 6.73 Å². The molecule has 164 valence electrons. The van der Waals surface area contributed by atoms with Crippen molar-refractivity contribution < 1.29 is 27.6 Å². The lowest BCUT2D eigenvalue weighted by molar-refractivity contribution is -0.389. The number of benzene rings is 1. The molecule has 0 aliphatic rings. The van der Waals surface area contributed by atoms with Crippen molar-refractivity contribution in [1.82, 2.24) is 24.9 Å². The van der Waals surface area contributed by atoms with Gasteiger partial charge in [0.25, 0.3) is 5.91 Å². The molecule has 0 spiro atoms. The van der Waals surface area contributed by atoms with Gasteiger partial charge in [0.05, 0.1) is 29.0 Å². The summed E-state index contributed by atoms with van der Waals surface area (Å²) in [5.74, 6) is -0.750. The van der Waals surface area contributed by atoms with Gasteiger partial charge < -0.3 is 20.2 Å². The Bertz CT molecular complexity index is 1090. The molecule has 2 heterocycles. The lowest BCUT2D eigenvalue weighted by Gasteiger charge is -2.10. The molecule has 0 bridgehead atoms. The van der Waals surface area contributed by atoms with Gasteiger partial charge in [-0.3, -0.25) is 4.79 Å². The molecule has 1 N–H and O–H groups in total. The molecule has 0 saturated heterocycles. The highest BCUT2D eigenvalue weighted by molar-refractivity contribution is 5.92. The maximum absolute atomic E-state index is 12.7. The maximum atomic E-state index is 12.7. The van der Waals surface area contributed by atoms with Crippen molar-refractivity contribution in [3.05, 3.63) is 69.7 Å². The lowest BCUT2D eigenvalue weighted by atomic mass is 10.2. The number of nitro groups is 1. The second-order valence-corrected chi connectivity index (χ2v) is 6.42. The summed E-state index contributed by atoms with van der Waals surface area (Å²) in [6.07, 6.45) is -3.03. The number of aromatic nitrogens is 4. The molecule has 0 aliphatic carbocycles. The fourth-order valence-electron chi connectivity index (χ4n) is 2.63. The van der Waals surface area contributed by atoms with E-state index in [-0.39, 0.29) is 37.1 Å². The van der Waals surface area contributed by atoms with Crippen molar-refractivity contribution >= 4 is 11.7 Å². The van der Waals surface area contributed by atoms with E-state index in [1.165, 1.54) is 39.8 Å². The van der Waals surface area contributed by atoms with Crippen LogP contribution in [0.15, 0.2) is 42.6 Å². The van der Waals surface area contributed by atoms with Crippen LogP contribution in [0, 0.1) is 17.0 Å². The van der Waals surface area contributed by atoms with Gasteiger partial charge in [-0.25, -0.2) is 4.68 Å². The molecule has 1 amide bonds. The van der Waals surface area contributed by atoms with Crippen LogP contribution in [-0.2, 0) is 19.5 Å². The Hall–Kier alpha value is -3.90. The number of carbonyl (C=O) groups is 1. The Morgan fingerprint density at radius 3 is 2.71 bits per heavy atom. The Balaban J connectivity index is 1.51. The highest BCUT2D eigenvalue weighted by Gasteiger charge is 2.30. The summed E-state index contributed by atoms with van der Waals surface area (Å²) in [7, 11) is 0. The average Bonchev–Trinajstić information content (AvgIpc) is 3.33. The van der Waals surface area contributed by atoms with E-state index in [0.29, 0.717) is 5.69 Å². The summed E-state index contributed by atoms with van der Waals surface area (Å²) in [5.41, 5.74) is -0.170. The number of rotatable bonds is 8. The predicted octanol–water partition coefficient (Wildman–Crippen LogP) is 2.78. The minimum Gasteiger partial charge on any atom is -0.471 e. The minimum absolute atomic E-state index is 0.0139. The van der Waals surface area contributed by atoms with Gasteiger partial charge in [0, 0.05) is 12.7 Å². The van der Waals surface area contributed by atoms with Crippen molar-refractivity contribution in [3.8, 4) is 5.75 Å². The third kappa shape index (κ3) is 5.58. The Labute approximate surface area is 173 Å². The quantitative estimate of drug-likeness (QED) is 0.427. The zero-order chi connectivity index (χ0) is 22.6. The number of nitrogens with zero attached hydrogens (tertiary/aromatic N) is 5. The molecule has 0 atom stereocenters. The van der Waals surface area contributed by atoms with Crippen molar-refractivity contribution in [3.63, 3.8) is 0 Å². The summed E-state index contributed by atoms with van der Waals surface area (Å²) in [4.78, 5) is 22.3. The van der Waals surface area contributed by atoms with Crippen molar-refractivity contribution in [2.24, 2.45) is 0 Å². The standard InChI is InChI=1S/C18H17F3N6O4/c1-12-9-16(27(29)30)24-26(12)8-6-22-17(28)15-5-7-25(23-15)11-31-14-4-2-3-13(10-14)18(19,20)21/h2-5,7,9-10H,6,8,11H2,1H3,(H,22,28). The molecule has 0 radical (unpaired) electrons. The van der Waals surface area contributed by atoms with E-state index in [4.69, 9.17) is 4.74 Å². The van der Waals surface area contributed by atoms with E-state index in [0.717, 1.165) is 12.1 Å². The number of hydrogen-bond acceptors (Lipinski definition) is 6. The van der Waals surface area contributed by atoms with Crippen molar-refractivity contribution in [1.29, 1.82) is 0 Å². The summed E-state index contributed by atoms with van der Waals surface area (Å²) in [6.45, 7) is 1.86. The molecule has 3 rings (SSSR count). The third-order valence-electron chi connectivity index (χ3n) is 4.16. The lowest BCUT2D eigenvalue weighted by Crippen LogP contribution is -2.28. The van der Waals surface area contributed by atoms with E-state index < -0.39 is 22.6 Å². The number of amides is 1. The van der Waals surface area contributed by atoms with E-state index in [2.05, 4.69) is 15.5 Å². The molecule has 0 unspecified atom stereocenters. The number of aryl methyl sites for hydroxylation is 1. The number of hydrogen-bond donors (Lipinski definition) is 1. The van der Waals surface area contributed by atoms with Crippen LogP contribution in [0.3, 0.4) is 0 Å². The second-order valence-electron chi connectivity index (χ2n) is 6.42. The molecule has 0 fully saturated rings. The van der Waals surface area contributed by atoms with Gasteiger partial charge in [-0.15, -0.1) is 0 Å². The number of carbonyl (C=O) groups excluding carboxylic acids is 1. The molecule has 10 nitrogen and oxygen atoms in total. The van der Waals surface area contributed by atoms with Gasteiger partial charge in [-0.1, -0.05) is 6.07 Å². The number of alkyl halides is 3. The molecule has 2 aromatic heterocycles. The molecule has 1 aromatic carbocycles. The molecular formula is C18H17F3N6O4. The molecule has 3 aromatic rings. The SMILES string of the molecule is Cc1cc([N+](=O)[O-])nn1CCNC(=O)c1ccn(COc2cccc(C(F)(F)F)c2)n1. The van der Waals surface area contributed by atoms with Crippen LogP contribution in [0.1, 0.15) is 21.7 Å². The molecule has 0 saturated carbocycles. The zero-order valence-corrected chi connectivity index (χ0v) is 16.2. The van der Waals surface area contributed by atoms with E-state index in [9.17, 15) is 28.1 Å². The smallest absolute Gasteiger partial charge is 0.416 e. The fourth-order valence-corrected chi connectivity index (χ4v) is 2.63. The largest absolute Gasteiger partial charge is 0.471 e. The summed E-state index contributed by atoms with van der Waals surface area (Å²) < 4.78 is 46.2. The Kier molecular flexibility index (Phi) is 6.22. The van der Waals surface area contributed by atoms with Gasteiger partial charge >= 0.3 is 12.0 Å². The highest BCUT2D eigenvalue weighted by Crippen LogP contribution is 2.31. The zero-order valence-electron chi connectivity index (χ0n) is 16.2. The van der Waals surface area contributed by atoms with E-state index in [1.54, 1.807) is 6.92 Å². The van der Waals surface area contributed by atoms with Gasteiger partial charge in [-0.05, 0) is 36.1 Å². The van der Waals surface area contributed by atoms with Gasteiger partial charge in [0.2, 0.25) is 0 Å². The van der Waals surface area contributed by atoms with E-state index in [1.807, 2.05) is 0 Å². The Morgan fingerprint density at radius 1 is 1.26 bits per heavy atom. The maximum Gasteiger partial charge on any atom is 0.416 e. The highest BCUT2D eigenvalue weighted by atomic mass is 19.4. The number of ether oxygens (including phenoxy) is 1. The topological polar surface area (TPSA) is 117 Å². The summed E-state index contributed by atoms with van der Waals surface area (Å²) in [6, 6.07) is 7.18. The third-order valence-corrected chi connectivity index (χ3v) is 4.16. The number of halogens is 3. The van der Waals surface area contributed by atoms with Gasteiger partial charge in [0.1, 0.15) is 11.4 Å². The van der Waals surface area contributed by atoms with Crippen LogP contribution in [-0.4, -0.2) is 36.9 Å². The van der Waals surface area contributed by atoms with Crippen LogP contribution < -0.4 is 10.1 Å². The predicted molar refractivity (Wildman–Crippen MR) is 100 cm³/mol. The minimum atomic E-state index is -4.48. The first-order chi connectivity index (χ1) is 14.6. The molecular weight excluding hydrogens is 421 g/mol. The van der Waals surface area contributed by atoms with Crippen LogP contribution >= 0.6 is 0 Å². The first-order valence-electron chi connectivity index (χ1n) is 8.94. The van der Waals surface area contributed by atoms with Crippen molar-refractivity contribution in [2.45, 2.75) is 26.4 Å². The first kappa shape index (κ1) is 21.8. The van der Waals surface area contributed by atoms with Crippen LogP contribution in [0.2, 0.25) is 0 Å².